The number of rotatable bonds is 3. The van der Waals surface area contributed by atoms with Crippen molar-refractivity contribution < 1.29 is 4.74 Å². The standard InChI is InChI=1S/C12H15N3O/c1-9-3-4-12(7-14-9)16-8-11-6-13-10(2)5-15-11/h3-7,10,13H,8H2,1-2H3. The van der Waals surface area contributed by atoms with Crippen LogP contribution in [0.5, 0.6) is 5.75 Å². The van der Waals surface area contributed by atoms with Gasteiger partial charge >= 0.3 is 0 Å². The van der Waals surface area contributed by atoms with Crippen LogP contribution in [0.2, 0.25) is 0 Å². The van der Waals surface area contributed by atoms with Gasteiger partial charge in [-0.3, -0.25) is 9.98 Å². The van der Waals surface area contributed by atoms with Crippen LogP contribution in [-0.2, 0) is 0 Å². The lowest BCUT2D eigenvalue weighted by Crippen LogP contribution is -2.26. The fourth-order valence-electron chi connectivity index (χ4n) is 1.29. The van der Waals surface area contributed by atoms with Crippen LogP contribution in [0.4, 0.5) is 0 Å². The maximum atomic E-state index is 5.55. The average Bonchev–Trinajstić information content (AvgIpc) is 2.30. The van der Waals surface area contributed by atoms with Gasteiger partial charge in [0.05, 0.1) is 17.9 Å². The zero-order valence-electron chi connectivity index (χ0n) is 9.47. The number of nitrogens with one attached hydrogen (secondary N) is 1. The molecular formula is C12H15N3O. The highest BCUT2D eigenvalue weighted by Crippen LogP contribution is 2.10. The van der Waals surface area contributed by atoms with Crippen LogP contribution in [0, 0.1) is 6.92 Å². The predicted molar refractivity (Wildman–Crippen MR) is 63.6 cm³/mol. The van der Waals surface area contributed by atoms with Crippen molar-refractivity contribution in [3.05, 3.63) is 35.9 Å². The molecule has 1 N–H and O–H groups in total. The number of aromatic nitrogens is 1. The summed E-state index contributed by atoms with van der Waals surface area (Å²) in [6, 6.07) is 4.13. The van der Waals surface area contributed by atoms with Crippen LogP contribution in [0.1, 0.15) is 12.6 Å². The van der Waals surface area contributed by atoms with E-state index in [2.05, 4.69) is 15.3 Å². The molecule has 0 bridgehead atoms. The first-order valence-electron chi connectivity index (χ1n) is 5.29. The highest BCUT2D eigenvalue weighted by molar-refractivity contribution is 5.66. The highest BCUT2D eigenvalue weighted by atomic mass is 16.5. The Balaban J connectivity index is 1.88. The Labute approximate surface area is 95.1 Å². The average molecular weight is 217 g/mol. The van der Waals surface area contributed by atoms with Gasteiger partial charge in [0.25, 0.3) is 0 Å². The lowest BCUT2D eigenvalue weighted by molar-refractivity contribution is 0.347. The Bertz CT molecular complexity index is 409. The lowest BCUT2D eigenvalue weighted by Gasteiger charge is -2.14. The van der Waals surface area contributed by atoms with E-state index in [4.69, 9.17) is 4.74 Å². The van der Waals surface area contributed by atoms with Gasteiger partial charge in [0.2, 0.25) is 0 Å². The summed E-state index contributed by atoms with van der Waals surface area (Å²) in [6.45, 7) is 4.45. The van der Waals surface area contributed by atoms with E-state index in [1.54, 1.807) is 6.20 Å². The number of hydrogen-bond donors (Lipinski definition) is 1. The lowest BCUT2D eigenvalue weighted by atomic mass is 10.3. The second kappa shape index (κ2) is 4.79. The molecule has 0 aliphatic carbocycles. The van der Waals surface area contributed by atoms with Crippen molar-refractivity contribution in [3.63, 3.8) is 0 Å². The molecule has 0 spiro atoms. The molecule has 1 aromatic rings. The Kier molecular flexibility index (Phi) is 3.19. The minimum absolute atomic E-state index is 0.296. The van der Waals surface area contributed by atoms with Gasteiger partial charge in [0, 0.05) is 18.1 Å². The minimum Gasteiger partial charge on any atom is -0.486 e. The molecule has 84 valence electrons. The second-order valence-electron chi connectivity index (χ2n) is 3.79. The summed E-state index contributed by atoms with van der Waals surface area (Å²) in [7, 11) is 0. The molecule has 0 saturated heterocycles. The van der Waals surface area contributed by atoms with Gasteiger partial charge in [-0.2, -0.15) is 0 Å². The van der Waals surface area contributed by atoms with E-state index >= 15 is 0 Å². The summed E-state index contributed by atoms with van der Waals surface area (Å²) in [6.07, 6.45) is 5.47. The minimum atomic E-state index is 0.296. The van der Waals surface area contributed by atoms with E-state index in [1.807, 2.05) is 38.4 Å². The first kappa shape index (κ1) is 10.7. The molecule has 0 saturated carbocycles. The molecule has 1 unspecified atom stereocenters. The summed E-state index contributed by atoms with van der Waals surface area (Å²) < 4.78 is 5.55. The number of hydrogen-bond acceptors (Lipinski definition) is 4. The van der Waals surface area contributed by atoms with Crippen molar-refractivity contribution in [3.8, 4) is 5.75 Å². The maximum Gasteiger partial charge on any atom is 0.138 e. The van der Waals surface area contributed by atoms with Crippen molar-refractivity contribution in [2.24, 2.45) is 4.99 Å². The van der Waals surface area contributed by atoms with E-state index in [0.717, 1.165) is 17.1 Å². The molecule has 1 aliphatic heterocycles. The van der Waals surface area contributed by atoms with Gasteiger partial charge in [-0.15, -0.1) is 0 Å². The quantitative estimate of drug-likeness (QED) is 0.837. The summed E-state index contributed by atoms with van der Waals surface area (Å²) >= 11 is 0. The van der Waals surface area contributed by atoms with E-state index in [0.29, 0.717) is 12.6 Å². The van der Waals surface area contributed by atoms with Gasteiger partial charge < -0.3 is 10.1 Å². The van der Waals surface area contributed by atoms with Crippen LogP contribution >= 0.6 is 0 Å². The smallest absolute Gasteiger partial charge is 0.138 e. The van der Waals surface area contributed by atoms with Crippen LogP contribution in [0.15, 0.2) is 35.2 Å². The Morgan fingerprint density at radius 3 is 2.94 bits per heavy atom. The van der Waals surface area contributed by atoms with Crippen molar-refractivity contribution in [2.45, 2.75) is 19.9 Å². The topological polar surface area (TPSA) is 46.5 Å². The van der Waals surface area contributed by atoms with E-state index in [9.17, 15) is 0 Å². The largest absolute Gasteiger partial charge is 0.486 e. The second-order valence-corrected chi connectivity index (χ2v) is 3.79. The zero-order chi connectivity index (χ0) is 11.4. The predicted octanol–water partition coefficient (Wildman–Crippen LogP) is 1.67. The molecule has 4 heteroatoms. The molecule has 2 heterocycles. The first-order valence-corrected chi connectivity index (χ1v) is 5.29. The summed E-state index contributed by atoms with van der Waals surface area (Å²) in [5.74, 6) is 0.764. The van der Waals surface area contributed by atoms with Gasteiger partial charge in [-0.05, 0) is 26.0 Å². The van der Waals surface area contributed by atoms with Crippen molar-refractivity contribution >= 4 is 6.21 Å². The number of aliphatic imine (C=N–C) groups is 1. The van der Waals surface area contributed by atoms with Crippen LogP contribution < -0.4 is 10.1 Å². The molecule has 0 radical (unpaired) electrons. The van der Waals surface area contributed by atoms with Crippen LogP contribution in [0.3, 0.4) is 0 Å². The number of pyridine rings is 1. The maximum absolute atomic E-state index is 5.55. The normalized spacial score (nSPS) is 18.9. The monoisotopic (exact) mass is 217 g/mol. The van der Waals surface area contributed by atoms with Crippen molar-refractivity contribution in [2.75, 3.05) is 6.61 Å². The summed E-state index contributed by atoms with van der Waals surface area (Å²) in [5, 5.41) is 3.17. The molecule has 0 fully saturated rings. The van der Waals surface area contributed by atoms with Gasteiger partial charge in [-0.1, -0.05) is 0 Å². The third-order valence-corrected chi connectivity index (χ3v) is 2.25. The molecule has 4 nitrogen and oxygen atoms in total. The fraction of sp³-hybridized carbons (Fsp3) is 0.333. The molecule has 1 aromatic heterocycles. The molecule has 0 aromatic carbocycles. The summed E-state index contributed by atoms with van der Waals surface area (Å²) in [4.78, 5) is 8.43. The van der Waals surface area contributed by atoms with Crippen molar-refractivity contribution in [1.29, 1.82) is 0 Å². The fourth-order valence-corrected chi connectivity index (χ4v) is 1.29. The molecule has 1 atom stereocenters. The molecule has 1 aliphatic rings. The number of nitrogens with zero attached hydrogens (tertiary/aromatic N) is 2. The highest BCUT2D eigenvalue weighted by Gasteiger charge is 2.04. The van der Waals surface area contributed by atoms with E-state index in [-0.39, 0.29) is 0 Å². The molecule has 2 rings (SSSR count). The summed E-state index contributed by atoms with van der Waals surface area (Å²) in [5.41, 5.74) is 1.87. The van der Waals surface area contributed by atoms with Gasteiger partial charge in [0.1, 0.15) is 12.4 Å². The van der Waals surface area contributed by atoms with Gasteiger partial charge in [0.15, 0.2) is 0 Å². The Morgan fingerprint density at radius 1 is 1.44 bits per heavy atom. The van der Waals surface area contributed by atoms with Crippen molar-refractivity contribution in [1.82, 2.24) is 10.3 Å². The number of aryl methyl sites for hydroxylation is 1. The van der Waals surface area contributed by atoms with E-state index < -0.39 is 0 Å². The first-order chi connectivity index (χ1) is 7.74. The number of ether oxygens (including phenoxy) is 1. The van der Waals surface area contributed by atoms with Crippen LogP contribution in [0.25, 0.3) is 0 Å². The van der Waals surface area contributed by atoms with Gasteiger partial charge in [-0.25, -0.2) is 0 Å². The van der Waals surface area contributed by atoms with Crippen LogP contribution in [-0.4, -0.2) is 23.8 Å². The third kappa shape index (κ3) is 2.82. The van der Waals surface area contributed by atoms with E-state index in [1.165, 1.54) is 0 Å². The SMILES string of the molecule is Cc1ccc(OCC2=CNC(C)C=N2)cn1. The molecule has 16 heavy (non-hydrogen) atoms. The third-order valence-electron chi connectivity index (χ3n) is 2.25. The molecular weight excluding hydrogens is 202 g/mol. The zero-order valence-corrected chi connectivity index (χ0v) is 9.47. The Hall–Kier alpha value is -1.84. The molecule has 0 amide bonds. The Morgan fingerprint density at radius 2 is 2.31 bits per heavy atom.